The Morgan fingerprint density at radius 1 is 1.27 bits per heavy atom. The summed E-state index contributed by atoms with van der Waals surface area (Å²) in [6.45, 7) is 1.04. The normalized spacial score (nSPS) is 24.6. The van der Waals surface area contributed by atoms with Crippen molar-refractivity contribution in [2.75, 3.05) is 31.2 Å². The Kier molecular flexibility index (Phi) is 8.83. The van der Waals surface area contributed by atoms with Crippen LogP contribution < -0.4 is 22.0 Å². The molecule has 0 saturated carbocycles. The van der Waals surface area contributed by atoms with E-state index in [1.165, 1.54) is 29.7 Å². The number of aromatic nitrogens is 2. The average Bonchev–Trinajstić information content (AvgIpc) is 3.84. The second kappa shape index (κ2) is 12.9. The molecular weight excluding hydrogens is 676 g/mol. The third kappa shape index (κ3) is 5.94. The highest BCUT2D eigenvalue weighted by molar-refractivity contribution is 8.00. The van der Waals surface area contributed by atoms with Crippen LogP contribution in [0.4, 0.5) is 9.93 Å². The molecule has 0 spiro atoms. The fraction of sp³-hybridized carbons (Fsp3) is 0.444. The van der Waals surface area contributed by atoms with Crippen molar-refractivity contribution in [1.82, 2.24) is 29.4 Å². The molecule has 4 amide bonds. The number of aryl methyl sites for hydroxylation is 1. The van der Waals surface area contributed by atoms with Crippen LogP contribution in [0, 0.1) is 12.3 Å². The number of rotatable bonds is 9. The van der Waals surface area contributed by atoms with Crippen molar-refractivity contribution in [2.24, 2.45) is 0 Å². The lowest BCUT2D eigenvalue weighted by atomic mass is 10.0. The molecule has 4 atom stereocenters. The van der Waals surface area contributed by atoms with Crippen LogP contribution in [-0.4, -0.2) is 114 Å². The molecule has 0 aliphatic carbocycles. The Balaban J connectivity index is 1.11. The molecule has 3 saturated heterocycles. The molecule has 6 heterocycles. The first kappa shape index (κ1) is 32.9. The number of aliphatic hydroxyl groups is 1. The monoisotopic (exact) mass is 703 g/mol. The third-order valence-electron chi connectivity index (χ3n) is 8.32. The number of carboxylic acid groups (broad SMARTS) is 1. The van der Waals surface area contributed by atoms with Crippen molar-refractivity contribution in [3.8, 4) is 0 Å². The van der Waals surface area contributed by atoms with E-state index in [1.807, 2.05) is 0 Å². The number of likely N-dealkylation sites (tertiary alicyclic amines) is 2. The number of nitrogens with zero attached hydrogens (tertiary/aromatic N) is 5. The van der Waals surface area contributed by atoms with Gasteiger partial charge >= 0.3 is 11.9 Å². The first-order valence-electron chi connectivity index (χ1n) is 14.4. The zero-order valence-corrected chi connectivity index (χ0v) is 26.6. The standard InChI is InChI=1S/C27H28N8O11S2/c1-10-15(46-27(43)45-10)8-44-26(42)34-6-13(5-14(34)7-36)33-3-2-11(21(33)38)4-12-9-47-23-17(22(39)35(23)18(12)24(40)41)30-20(37)16(28)19-31-25(29)48-32-19/h4,13-14,17,23,28,36H,2-3,5-9H2,1H3,(H,30,37)(H,40,41)(H2,29,31,32)/p-1/b11-4+,28-16?/t13-,14+,17-,23-/m1/s1. The van der Waals surface area contributed by atoms with Gasteiger partial charge in [-0.2, -0.15) is 9.36 Å². The van der Waals surface area contributed by atoms with E-state index in [2.05, 4.69) is 14.7 Å². The van der Waals surface area contributed by atoms with Crippen molar-refractivity contribution in [3.05, 3.63) is 50.9 Å². The van der Waals surface area contributed by atoms with Gasteiger partial charge in [0.2, 0.25) is 5.91 Å². The molecular formula is C27H27N8O11S2-. The molecule has 0 unspecified atom stereocenters. The molecule has 48 heavy (non-hydrogen) atoms. The van der Waals surface area contributed by atoms with Crippen LogP contribution in [0.15, 0.2) is 36.5 Å². The molecule has 3 fully saturated rings. The van der Waals surface area contributed by atoms with Crippen molar-refractivity contribution in [2.45, 2.75) is 49.9 Å². The quantitative estimate of drug-likeness (QED) is 0.121. The number of hydrogen-bond donors (Lipinski definition) is 4. The van der Waals surface area contributed by atoms with E-state index in [0.29, 0.717) is 0 Å². The minimum Gasteiger partial charge on any atom is -0.543 e. The minimum atomic E-state index is -1.64. The summed E-state index contributed by atoms with van der Waals surface area (Å²) < 4.78 is 18.6. The number of anilines is 1. The molecule has 0 bridgehead atoms. The lowest BCUT2D eigenvalue weighted by Crippen LogP contribution is -2.71. The van der Waals surface area contributed by atoms with E-state index in [1.54, 1.807) is 4.90 Å². The zero-order chi connectivity index (χ0) is 34.4. The van der Waals surface area contributed by atoms with Crippen molar-refractivity contribution >= 4 is 63.9 Å². The molecule has 0 radical (unpaired) electrons. The Labute approximate surface area is 278 Å². The van der Waals surface area contributed by atoms with Gasteiger partial charge < -0.3 is 49.4 Å². The fourth-order valence-corrected chi connectivity index (χ4v) is 7.70. The van der Waals surface area contributed by atoms with Crippen LogP contribution in [-0.2, 0) is 30.5 Å². The number of aliphatic carboxylic acids is 1. The van der Waals surface area contributed by atoms with Crippen LogP contribution in [0.1, 0.15) is 30.2 Å². The van der Waals surface area contributed by atoms with Gasteiger partial charge in [-0.05, 0) is 31.4 Å². The van der Waals surface area contributed by atoms with E-state index in [4.69, 9.17) is 24.7 Å². The Bertz CT molecular complexity index is 1850. The predicted octanol–water partition coefficient (Wildman–Crippen LogP) is -2.32. The van der Waals surface area contributed by atoms with Crippen molar-refractivity contribution in [1.29, 1.82) is 5.41 Å². The summed E-state index contributed by atoms with van der Waals surface area (Å²) in [4.78, 5) is 83.0. The summed E-state index contributed by atoms with van der Waals surface area (Å²) in [5.74, 6) is -4.55. The number of ether oxygens (including phenoxy) is 1. The van der Waals surface area contributed by atoms with Gasteiger partial charge in [0.25, 0.3) is 11.8 Å². The number of allylic oxidation sites excluding steroid dienone is 1. The molecule has 254 valence electrons. The summed E-state index contributed by atoms with van der Waals surface area (Å²) in [7, 11) is 0. The van der Waals surface area contributed by atoms with Crippen molar-refractivity contribution in [3.63, 3.8) is 0 Å². The SMILES string of the molecule is Cc1oc(=O)oc1COC(=O)N1C[C@H](N2CC/C(=C\C3=C(C(=O)[O-])N4C(=O)[C@@H](NC(=O)C(=N)c5nsc(N)n5)[C@H]4SC3)C2=O)C[C@H]1CO. The average molecular weight is 704 g/mol. The number of carboxylic acids is 1. The second-order valence-electron chi connectivity index (χ2n) is 11.1. The number of fused-ring (bicyclic) bond motifs is 1. The number of aliphatic hydroxyl groups excluding tert-OH is 1. The number of amides is 4. The van der Waals surface area contributed by atoms with Crippen LogP contribution in [0.3, 0.4) is 0 Å². The Morgan fingerprint density at radius 2 is 2.04 bits per heavy atom. The molecule has 2 aromatic heterocycles. The molecule has 4 aliphatic rings. The summed E-state index contributed by atoms with van der Waals surface area (Å²) in [5, 5.41) is 31.8. The molecule has 2 aromatic rings. The van der Waals surface area contributed by atoms with Gasteiger partial charge in [0.15, 0.2) is 34.8 Å². The summed E-state index contributed by atoms with van der Waals surface area (Å²) in [5.41, 5.74) is 4.95. The Morgan fingerprint density at radius 3 is 2.69 bits per heavy atom. The van der Waals surface area contributed by atoms with Crippen LogP contribution in [0.5, 0.6) is 0 Å². The minimum absolute atomic E-state index is 0.0440. The van der Waals surface area contributed by atoms with E-state index in [-0.39, 0.29) is 78.5 Å². The van der Waals surface area contributed by atoms with Crippen LogP contribution in [0.25, 0.3) is 0 Å². The maximum atomic E-state index is 13.5. The Hall–Kier alpha value is -5.02. The second-order valence-corrected chi connectivity index (χ2v) is 13.0. The first-order valence-corrected chi connectivity index (χ1v) is 16.2. The van der Waals surface area contributed by atoms with E-state index in [0.717, 1.165) is 16.4 Å². The largest absolute Gasteiger partial charge is 0.543 e. The number of nitrogens with one attached hydrogen (secondary N) is 2. The van der Waals surface area contributed by atoms with Crippen LogP contribution >= 0.6 is 23.3 Å². The van der Waals surface area contributed by atoms with E-state index >= 15 is 0 Å². The number of hydrogen-bond acceptors (Lipinski definition) is 17. The summed E-state index contributed by atoms with van der Waals surface area (Å²) in [6.07, 6.45) is 1.16. The van der Waals surface area contributed by atoms with Gasteiger partial charge in [0.1, 0.15) is 11.4 Å². The van der Waals surface area contributed by atoms with E-state index in [9.17, 15) is 39.0 Å². The maximum absolute atomic E-state index is 13.5. The number of thioether (sulfide) groups is 1. The third-order valence-corrected chi connectivity index (χ3v) is 10.2. The molecule has 6 rings (SSSR count). The van der Waals surface area contributed by atoms with Gasteiger partial charge in [0, 0.05) is 35.9 Å². The van der Waals surface area contributed by atoms with Crippen molar-refractivity contribution < 1.29 is 47.8 Å². The highest BCUT2D eigenvalue weighted by Gasteiger charge is 2.53. The lowest BCUT2D eigenvalue weighted by molar-refractivity contribution is -0.301. The van der Waals surface area contributed by atoms with Gasteiger partial charge in [-0.1, -0.05) is 0 Å². The number of nitrogens with two attached hydrogens (primary N) is 1. The number of carbonyl (C=O) groups is 5. The molecule has 4 aliphatic heterocycles. The summed E-state index contributed by atoms with van der Waals surface area (Å²) in [6, 6.07) is -2.24. The zero-order valence-electron chi connectivity index (χ0n) is 25.0. The highest BCUT2D eigenvalue weighted by Crippen LogP contribution is 2.41. The van der Waals surface area contributed by atoms with E-state index < -0.39 is 70.5 Å². The van der Waals surface area contributed by atoms with Gasteiger partial charge in [-0.3, -0.25) is 24.7 Å². The molecule has 0 aromatic carbocycles. The number of nitrogen functional groups attached to an aromatic ring is 1. The fourth-order valence-electron chi connectivity index (χ4n) is 5.95. The molecule has 5 N–H and O–H groups in total. The summed E-state index contributed by atoms with van der Waals surface area (Å²) >= 11 is 1.96. The lowest BCUT2D eigenvalue weighted by Gasteiger charge is -2.50. The maximum Gasteiger partial charge on any atom is 0.519 e. The van der Waals surface area contributed by atoms with Gasteiger partial charge in [0.05, 0.1) is 30.4 Å². The molecule has 19 nitrogen and oxygen atoms in total. The van der Waals surface area contributed by atoms with Gasteiger partial charge in [-0.15, -0.1) is 11.8 Å². The topological polar surface area (TPSA) is 279 Å². The predicted molar refractivity (Wildman–Crippen MR) is 161 cm³/mol. The first-order chi connectivity index (χ1) is 22.9. The number of β-lactam (4-membered cyclic amide) rings is 1. The van der Waals surface area contributed by atoms with Crippen LogP contribution in [0.2, 0.25) is 0 Å². The van der Waals surface area contributed by atoms with Gasteiger partial charge in [-0.25, -0.2) is 9.59 Å². The molecule has 21 heteroatoms. The number of carbonyl (C=O) groups excluding carboxylic acids is 5. The smallest absolute Gasteiger partial charge is 0.519 e. The highest BCUT2D eigenvalue weighted by atomic mass is 32.2.